The molecule has 1 aliphatic rings. The molecule has 1 atom stereocenters. The topological polar surface area (TPSA) is 20.3 Å². The Balaban J connectivity index is 1.88. The Hall–Kier alpha value is -1.80. The minimum atomic E-state index is 0.0221. The molecule has 0 aliphatic heterocycles. The lowest BCUT2D eigenvalue weighted by Crippen LogP contribution is -2.39. The van der Waals surface area contributed by atoms with Gasteiger partial charge in [-0.3, -0.25) is 4.79 Å². The van der Waals surface area contributed by atoms with E-state index in [1.807, 2.05) is 41.3 Å². The summed E-state index contributed by atoms with van der Waals surface area (Å²) in [5.41, 5.74) is 1.74. The van der Waals surface area contributed by atoms with Gasteiger partial charge in [-0.05, 0) is 43.4 Å². The van der Waals surface area contributed by atoms with E-state index in [9.17, 15) is 4.79 Å². The van der Waals surface area contributed by atoms with Crippen molar-refractivity contribution < 1.29 is 4.79 Å². The number of hydrogen-bond acceptors (Lipinski definition) is 1. The van der Waals surface area contributed by atoms with E-state index in [1.165, 1.54) is 12.8 Å². The van der Waals surface area contributed by atoms with Crippen molar-refractivity contribution in [3.8, 4) is 0 Å². The molecular formula is C19H20ClNO. The van der Waals surface area contributed by atoms with E-state index in [1.54, 1.807) is 6.07 Å². The monoisotopic (exact) mass is 313 g/mol. The average Bonchev–Trinajstić information content (AvgIpc) is 3.38. The minimum absolute atomic E-state index is 0.0221. The maximum Gasteiger partial charge on any atom is 0.255 e. The van der Waals surface area contributed by atoms with Crippen LogP contribution in [0.2, 0.25) is 5.02 Å². The second-order valence-electron chi connectivity index (χ2n) is 5.98. The predicted octanol–water partition coefficient (Wildman–Crippen LogP) is 4.78. The van der Waals surface area contributed by atoms with Gasteiger partial charge in [-0.25, -0.2) is 0 Å². The Morgan fingerprint density at radius 3 is 2.41 bits per heavy atom. The molecule has 0 saturated heterocycles. The van der Waals surface area contributed by atoms with Crippen molar-refractivity contribution in [2.24, 2.45) is 5.92 Å². The molecule has 1 fully saturated rings. The van der Waals surface area contributed by atoms with Crippen molar-refractivity contribution in [3.63, 3.8) is 0 Å². The Labute approximate surface area is 136 Å². The van der Waals surface area contributed by atoms with Gasteiger partial charge in [-0.15, -0.1) is 0 Å². The van der Waals surface area contributed by atoms with Gasteiger partial charge in [0.2, 0.25) is 0 Å². The molecule has 3 heteroatoms. The molecule has 0 radical (unpaired) electrons. The van der Waals surface area contributed by atoms with Crippen LogP contribution in [0, 0.1) is 5.92 Å². The van der Waals surface area contributed by atoms with Gasteiger partial charge in [0.15, 0.2) is 0 Å². The molecule has 0 N–H and O–H groups in total. The van der Waals surface area contributed by atoms with Crippen molar-refractivity contribution in [2.45, 2.75) is 32.4 Å². The van der Waals surface area contributed by atoms with E-state index in [0.29, 0.717) is 23.0 Å². The van der Waals surface area contributed by atoms with E-state index < -0.39 is 0 Å². The number of carbonyl (C=O) groups excluding carboxylic acids is 1. The minimum Gasteiger partial charge on any atom is -0.331 e. The number of rotatable bonds is 5. The summed E-state index contributed by atoms with van der Waals surface area (Å²) in [6.45, 7) is 2.78. The normalized spacial score (nSPS) is 15.4. The van der Waals surface area contributed by atoms with Gasteiger partial charge in [0.25, 0.3) is 5.91 Å². The van der Waals surface area contributed by atoms with Gasteiger partial charge < -0.3 is 4.90 Å². The molecule has 1 amide bonds. The standard InChI is InChI=1S/C19H20ClNO/c1-14(16-11-12-16)21(13-15-7-3-2-4-8-15)19(22)17-9-5-6-10-18(17)20/h2-10,14,16H,11-13H2,1H3. The van der Waals surface area contributed by atoms with Crippen LogP contribution >= 0.6 is 11.6 Å². The third-order valence-corrected chi connectivity index (χ3v) is 4.69. The summed E-state index contributed by atoms with van der Waals surface area (Å²) < 4.78 is 0. The second kappa shape index (κ2) is 6.53. The number of carbonyl (C=O) groups is 1. The third-order valence-electron chi connectivity index (χ3n) is 4.36. The number of hydrogen-bond donors (Lipinski definition) is 0. The lowest BCUT2D eigenvalue weighted by atomic mass is 10.1. The van der Waals surface area contributed by atoms with Crippen LogP contribution in [-0.2, 0) is 6.54 Å². The van der Waals surface area contributed by atoms with Crippen molar-refractivity contribution >= 4 is 17.5 Å². The van der Waals surface area contributed by atoms with Crippen LogP contribution < -0.4 is 0 Å². The van der Waals surface area contributed by atoms with E-state index in [4.69, 9.17) is 11.6 Å². The van der Waals surface area contributed by atoms with Crippen LogP contribution in [-0.4, -0.2) is 16.8 Å². The molecule has 2 aromatic carbocycles. The number of halogens is 1. The van der Waals surface area contributed by atoms with E-state index in [0.717, 1.165) is 5.56 Å². The molecule has 1 aliphatic carbocycles. The predicted molar refractivity (Wildman–Crippen MR) is 90.0 cm³/mol. The average molecular weight is 314 g/mol. The number of benzene rings is 2. The first kappa shape index (κ1) is 15.1. The highest BCUT2D eigenvalue weighted by Gasteiger charge is 2.35. The van der Waals surface area contributed by atoms with Gasteiger partial charge in [0.05, 0.1) is 10.6 Å². The van der Waals surface area contributed by atoms with Crippen LogP contribution in [0.3, 0.4) is 0 Å². The molecule has 0 bridgehead atoms. The summed E-state index contributed by atoms with van der Waals surface area (Å²) in [4.78, 5) is 15.0. The number of nitrogens with zero attached hydrogens (tertiary/aromatic N) is 1. The van der Waals surface area contributed by atoms with Gasteiger partial charge in [-0.1, -0.05) is 54.1 Å². The smallest absolute Gasteiger partial charge is 0.255 e. The highest BCUT2D eigenvalue weighted by atomic mass is 35.5. The van der Waals surface area contributed by atoms with Gasteiger partial charge >= 0.3 is 0 Å². The molecule has 1 unspecified atom stereocenters. The fourth-order valence-electron chi connectivity index (χ4n) is 2.80. The van der Waals surface area contributed by atoms with Crippen molar-refractivity contribution in [1.29, 1.82) is 0 Å². The lowest BCUT2D eigenvalue weighted by molar-refractivity contribution is 0.0654. The Bertz CT molecular complexity index is 651. The summed E-state index contributed by atoms with van der Waals surface area (Å²) in [5, 5.41) is 0.522. The summed E-state index contributed by atoms with van der Waals surface area (Å²) in [6.07, 6.45) is 2.42. The van der Waals surface area contributed by atoms with E-state index in [-0.39, 0.29) is 11.9 Å². The van der Waals surface area contributed by atoms with E-state index >= 15 is 0 Å². The van der Waals surface area contributed by atoms with Crippen molar-refractivity contribution in [2.75, 3.05) is 0 Å². The zero-order valence-electron chi connectivity index (χ0n) is 12.7. The molecule has 2 nitrogen and oxygen atoms in total. The van der Waals surface area contributed by atoms with Crippen LogP contribution in [0.5, 0.6) is 0 Å². The molecule has 22 heavy (non-hydrogen) atoms. The second-order valence-corrected chi connectivity index (χ2v) is 6.38. The maximum atomic E-state index is 13.0. The van der Waals surface area contributed by atoms with Gasteiger partial charge in [0, 0.05) is 12.6 Å². The summed E-state index contributed by atoms with van der Waals surface area (Å²) in [6, 6.07) is 17.7. The number of amides is 1. The quantitative estimate of drug-likeness (QED) is 0.778. The highest BCUT2D eigenvalue weighted by Crippen LogP contribution is 2.36. The first-order valence-electron chi connectivity index (χ1n) is 7.76. The lowest BCUT2D eigenvalue weighted by Gasteiger charge is -2.30. The maximum absolute atomic E-state index is 13.0. The zero-order chi connectivity index (χ0) is 15.5. The fourth-order valence-corrected chi connectivity index (χ4v) is 3.02. The Morgan fingerprint density at radius 2 is 1.77 bits per heavy atom. The molecule has 0 aromatic heterocycles. The van der Waals surface area contributed by atoms with Crippen LogP contribution in [0.25, 0.3) is 0 Å². The Kier molecular flexibility index (Phi) is 4.49. The van der Waals surface area contributed by atoms with Gasteiger partial charge in [0.1, 0.15) is 0 Å². The first-order valence-corrected chi connectivity index (χ1v) is 8.14. The first-order chi connectivity index (χ1) is 10.7. The van der Waals surface area contributed by atoms with Gasteiger partial charge in [-0.2, -0.15) is 0 Å². The molecule has 1 saturated carbocycles. The van der Waals surface area contributed by atoms with Crippen molar-refractivity contribution in [3.05, 3.63) is 70.7 Å². The summed E-state index contributed by atoms with van der Waals surface area (Å²) >= 11 is 6.22. The zero-order valence-corrected chi connectivity index (χ0v) is 13.5. The summed E-state index contributed by atoms with van der Waals surface area (Å²) in [7, 11) is 0. The van der Waals surface area contributed by atoms with Crippen LogP contribution in [0.15, 0.2) is 54.6 Å². The largest absolute Gasteiger partial charge is 0.331 e. The van der Waals surface area contributed by atoms with Crippen LogP contribution in [0.4, 0.5) is 0 Å². The molecule has 114 valence electrons. The SMILES string of the molecule is CC(C1CC1)N(Cc1ccccc1)C(=O)c1ccccc1Cl. The molecule has 0 spiro atoms. The highest BCUT2D eigenvalue weighted by molar-refractivity contribution is 6.33. The fraction of sp³-hybridized carbons (Fsp3) is 0.316. The van der Waals surface area contributed by atoms with Crippen LogP contribution in [0.1, 0.15) is 35.7 Å². The van der Waals surface area contributed by atoms with E-state index in [2.05, 4.69) is 19.1 Å². The Morgan fingerprint density at radius 1 is 1.14 bits per heavy atom. The third kappa shape index (κ3) is 3.33. The molecular weight excluding hydrogens is 294 g/mol. The summed E-state index contributed by atoms with van der Waals surface area (Å²) in [5.74, 6) is 0.643. The molecule has 3 rings (SSSR count). The van der Waals surface area contributed by atoms with Crippen molar-refractivity contribution in [1.82, 2.24) is 4.90 Å². The molecule has 0 heterocycles. The molecule has 2 aromatic rings.